The van der Waals surface area contributed by atoms with Gasteiger partial charge in [0.15, 0.2) is 0 Å². The van der Waals surface area contributed by atoms with Crippen molar-refractivity contribution in [3.8, 4) is 0 Å². The number of piperidine rings is 1. The third-order valence-corrected chi connectivity index (χ3v) is 2.66. The molecule has 12 heavy (non-hydrogen) atoms. The van der Waals surface area contributed by atoms with Crippen LogP contribution in [0.4, 0.5) is 0 Å². The molecule has 1 saturated heterocycles. The maximum absolute atomic E-state index is 10.2. The van der Waals surface area contributed by atoms with Crippen LogP contribution in [0.5, 0.6) is 0 Å². The molecule has 72 valence electrons. The Morgan fingerprint density at radius 3 is 2.75 bits per heavy atom. The lowest BCUT2D eigenvalue weighted by Crippen LogP contribution is -2.28. The summed E-state index contributed by atoms with van der Waals surface area (Å²) in [6.07, 6.45) is 3.24. The maximum Gasteiger partial charge on any atom is 0.316 e. The van der Waals surface area contributed by atoms with Gasteiger partial charge >= 0.3 is 8.25 Å². The topological polar surface area (TPSA) is 58.6 Å². The zero-order valence-corrected chi connectivity index (χ0v) is 8.08. The Labute approximate surface area is 73.3 Å². The summed E-state index contributed by atoms with van der Waals surface area (Å²) in [7, 11) is -2.70. The molecule has 0 saturated carbocycles. The number of rotatable bonds is 4. The molecule has 1 unspecified atom stereocenters. The van der Waals surface area contributed by atoms with Gasteiger partial charge in [0.05, 0.1) is 6.61 Å². The Morgan fingerprint density at radius 1 is 1.50 bits per heavy atom. The summed E-state index contributed by atoms with van der Waals surface area (Å²) < 4.78 is 14.8. The van der Waals surface area contributed by atoms with Crippen LogP contribution in [0.2, 0.25) is 0 Å². The Balaban J connectivity index is 2.01. The summed E-state index contributed by atoms with van der Waals surface area (Å²) in [6, 6.07) is 0. The highest BCUT2D eigenvalue weighted by molar-refractivity contribution is 7.32. The van der Waals surface area contributed by atoms with Gasteiger partial charge in [-0.1, -0.05) is 0 Å². The lowest BCUT2D eigenvalue weighted by Gasteiger charge is -2.21. The minimum atomic E-state index is -2.70. The van der Waals surface area contributed by atoms with Gasteiger partial charge < -0.3 is 14.7 Å². The third kappa shape index (κ3) is 4.21. The van der Waals surface area contributed by atoms with Crippen molar-refractivity contribution in [2.75, 3.05) is 19.7 Å². The fourth-order valence-electron chi connectivity index (χ4n) is 1.48. The normalized spacial score (nSPS) is 22.4. The van der Waals surface area contributed by atoms with Crippen LogP contribution in [0.25, 0.3) is 0 Å². The van der Waals surface area contributed by atoms with Crippen molar-refractivity contribution in [3.63, 3.8) is 0 Å². The van der Waals surface area contributed by atoms with E-state index in [1.54, 1.807) is 0 Å². The predicted molar refractivity (Wildman–Crippen MR) is 47.4 cm³/mol. The first-order valence-electron chi connectivity index (χ1n) is 4.35. The highest BCUT2D eigenvalue weighted by atomic mass is 31.1. The Bertz CT molecular complexity index is 148. The smallest absolute Gasteiger partial charge is 0.316 e. The van der Waals surface area contributed by atoms with E-state index in [1.807, 2.05) is 0 Å². The van der Waals surface area contributed by atoms with Gasteiger partial charge in [-0.3, -0.25) is 4.57 Å². The molecular weight excluding hydrogens is 177 g/mol. The Kier molecular flexibility index (Phi) is 4.84. The van der Waals surface area contributed by atoms with Gasteiger partial charge in [0.25, 0.3) is 0 Å². The van der Waals surface area contributed by atoms with E-state index < -0.39 is 8.25 Å². The van der Waals surface area contributed by atoms with Crippen molar-refractivity contribution in [1.29, 1.82) is 0 Å². The molecule has 0 bridgehead atoms. The molecule has 0 radical (unpaired) electrons. The lowest BCUT2D eigenvalue weighted by atomic mass is 9.95. The highest BCUT2D eigenvalue weighted by Crippen LogP contribution is 2.20. The Morgan fingerprint density at radius 2 is 2.17 bits per heavy atom. The second-order valence-electron chi connectivity index (χ2n) is 3.10. The lowest BCUT2D eigenvalue weighted by molar-refractivity contribution is 0.237. The first kappa shape index (κ1) is 10.2. The summed E-state index contributed by atoms with van der Waals surface area (Å²) in [5.41, 5.74) is 0. The second kappa shape index (κ2) is 5.70. The summed E-state index contributed by atoms with van der Waals surface area (Å²) in [4.78, 5) is 8.39. The van der Waals surface area contributed by atoms with Crippen LogP contribution in [-0.2, 0) is 9.09 Å². The standard InChI is InChI=1S/C7H16NO3P/c9-12(10)11-6-3-7-1-4-8-5-2-7/h7-8,12H,1-6H2,(H,9,10). The predicted octanol–water partition coefficient (Wildman–Crippen LogP) is 0.775. The van der Waals surface area contributed by atoms with E-state index in [4.69, 9.17) is 4.89 Å². The molecule has 0 aromatic heterocycles. The van der Waals surface area contributed by atoms with Crippen molar-refractivity contribution in [3.05, 3.63) is 0 Å². The minimum Gasteiger partial charge on any atom is -0.326 e. The van der Waals surface area contributed by atoms with Gasteiger partial charge in [0.1, 0.15) is 0 Å². The van der Waals surface area contributed by atoms with Crippen molar-refractivity contribution in [1.82, 2.24) is 5.32 Å². The van der Waals surface area contributed by atoms with Crippen LogP contribution in [0, 0.1) is 5.92 Å². The van der Waals surface area contributed by atoms with E-state index in [0.29, 0.717) is 12.5 Å². The quantitative estimate of drug-likeness (QED) is 0.647. The van der Waals surface area contributed by atoms with Crippen molar-refractivity contribution in [2.24, 2.45) is 5.92 Å². The van der Waals surface area contributed by atoms with Gasteiger partial charge in [0, 0.05) is 0 Å². The SMILES string of the molecule is O=[PH](O)OCCC1CCNCC1. The molecule has 2 N–H and O–H groups in total. The van der Waals surface area contributed by atoms with Gasteiger partial charge in [-0.2, -0.15) is 0 Å². The average molecular weight is 193 g/mol. The van der Waals surface area contributed by atoms with E-state index in [9.17, 15) is 4.57 Å². The molecule has 1 aliphatic heterocycles. The van der Waals surface area contributed by atoms with Crippen molar-refractivity contribution < 1.29 is 14.0 Å². The van der Waals surface area contributed by atoms with Crippen molar-refractivity contribution in [2.45, 2.75) is 19.3 Å². The van der Waals surface area contributed by atoms with E-state index in [-0.39, 0.29) is 0 Å². The largest absolute Gasteiger partial charge is 0.326 e. The molecule has 5 heteroatoms. The third-order valence-electron chi connectivity index (χ3n) is 2.21. The molecule has 1 atom stereocenters. The molecule has 0 amide bonds. The first-order chi connectivity index (χ1) is 5.79. The highest BCUT2D eigenvalue weighted by Gasteiger charge is 2.12. The van der Waals surface area contributed by atoms with Crippen LogP contribution < -0.4 is 5.32 Å². The molecular formula is C7H16NO3P. The second-order valence-corrected chi connectivity index (χ2v) is 3.92. The van der Waals surface area contributed by atoms with Crippen molar-refractivity contribution >= 4 is 8.25 Å². The van der Waals surface area contributed by atoms with Gasteiger partial charge in [0.2, 0.25) is 0 Å². The molecule has 1 heterocycles. The zero-order chi connectivity index (χ0) is 8.81. The Hall–Kier alpha value is 0.110. The number of hydrogen-bond acceptors (Lipinski definition) is 3. The molecule has 1 fully saturated rings. The molecule has 0 aromatic rings. The maximum atomic E-state index is 10.2. The van der Waals surface area contributed by atoms with E-state index >= 15 is 0 Å². The van der Waals surface area contributed by atoms with E-state index in [0.717, 1.165) is 32.4 Å². The minimum absolute atomic E-state index is 0.430. The monoisotopic (exact) mass is 193 g/mol. The summed E-state index contributed by atoms with van der Waals surface area (Å²) in [6.45, 7) is 2.57. The molecule has 0 aromatic carbocycles. The van der Waals surface area contributed by atoms with Gasteiger partial charge in [-0.15, -0.1) is 0 Å². The number of hydrogen-bond donors (Lipinski definition) is 2. The van der Waals surface area contributed by atoms with Crippen LogP contribution in [0.3, 0.4) is 0 Å². The molecule has 0 spiro atoms. The molecule has 0 aliphatic carbocycles. The van der Waals surface area contributed by atoms with E-state index in [1.165, 1.54) is 0 Å². The average Bonchev–Trinajstić information content (AvgIpc) is 2.05. The fraction of sp³-hybridized carbons (Fsp3) is 1.00. The van der Waals surface area contributed by atoms with Crippen LogP contribution >= 0.6 is 8.25 Å². The van der Waals surface area contributed by atoms with Gasteiger partial charge in [-0.25, -0.2) is 0 Å². The summed E-state index contributed by atoms with van der Waals surface area (Å²) >= 11 is 0. The van der Waals surface area contributed by atoms with Crippen LogP contribution in [0.1, 0.15) is 19.3 Å². The molecule has 1 aliphatic rings. The van der Waals surface area contributed by atoms with Gasteiger partial charge in [-0.05, 0) is 38.3 Å². The summed E-state index contributed by atoms with van der Waals surface area (Å²) in [5.74, 6) is 0.674. The number of nitrogens with one attached hydrogen (secondary N) is 1. The zero-order valence-electron chi connectivity index (χ0n) is 7.08. The first-order valence-corrected chi connectivity index (χ1v) is 5.62. The molecule has 4 nitrogen and oxygen atoms in total. The van der Waals surface area contributed by atoms with Crippen LogP contribution in [-0.4, -0.2) is 24.6 Å². The fourth-order valence-corrected chi connectivity index (χ4v) is 1.78. The van der Waals surface area contributed by atoms with E-state index in [2.05, 4.69) is 9.84 Å². The molecule has 1 rings (SSSR count). The summed E-state index contributed by atoms with van der Waals surface area (Å²) in [5, 5.41) is 3.27. The van der Waals surface area contributed by atoms with Crippen LogP contribution in [0.15, 0.2) is 0 Å².